The molecule has 2 aromatic rings. The molecule has 7 heteroatoms. The summed E-state index contributed by atoms with van der Waals surface area (Å²) in [5.74, 6) is -0.254. The Bertz CT molecular complexity index is 805. The second-order valence-corrected chi connectivity index (χ2v) is 7.76. The number of aryl methyl sites for hydroxylation is 1. The zero-order valence-corrected chi connectivity index (χ0v) is 15.6. The van der Waals surface area contributed by atoms with E-state index in [1.807, 2.05) is 4.90 Å². The molecular weight excluding hydrogens is 348 g/mol. The molecule has 0 bridgehead atoms. The van der Waals surface area contributed by atoms with Gasteiger partial charge in [0, 0.05) is 43.3 Å². The van der Waals surface area contributed by atoms with Crippen molar-refractivity contribution in [2.45, 2.75) is 25.8 Å². The molecule has 2 fully saturated rings. The van der Waals surface area contributed by atoms with Crippen molar-refractivity contribution in [2.75, 3.05) is 31.1 Å². The van der Waals surface area contributed by atoms with E-state index in [0.29, 0.717) is 29.8 Å². The van der Waals surface area contributed by atoms with Crippen LogP contribution in [-0.4, -0.2) is 53.9 Å². The minimum atomic E-state index is -0.166. The molecule has 1 saturated carbocycles. The number of carbonyl (C=O) groups is 2. The molecule has 26 heavy (non-hydrogen) atoms. The fourth-order valence-corrected chi connectivity index (χ4v) is 3.73. The van der Waals surface area contributed by atoms with Crippen molar-refractivity contribution in [3.8, 4) is 0 Å². The van der Waals surface area contributed by atoms with Crippen molar-refractivity contribution >= 4 is 28.8 Å². The van der Waals surface area contributed by atoms with Gasteiger partial charge in [-0.25, -0.2) is 4.98 Å². The number of carbonyl (C=O) groups excluding carboxylic acids is 2. The Hall–Kier alpha value is -2.41. The Morgan fingerprint density at radius 3 is 2.46 bits per heavy atom. The molecule has 0 atom stereocenters. The van der Waals surface area contributed by atoms with E-state index in [-0.39, 0.29) is 11.8 Å². The number of hydrogen-bond acceptors (Lipinski definition) is 5. The van der Waals surface area contributed by atoms with Gasteiger partial charge in [0.25, 0.3) is 11.8 Å². The van der Waals surface area contributed by atoms with Crippen LogP contribution in [0.5, 0.6) is 0 Å². The third kappa shape index (κ3) is 3.72. The smallest absolute Gasteiger partial charge is 0.280 e. The van der Waals surface area contributed by atoms with Crippen LogP contribution < -0.4 is 10.2 Å². The lowest BCUT2D eigenvalue weighted by atomic mass is 10.2. The number of nitrogens with zero attached hydrogens (tertiary/aromatic N) is 3. The molecular formula is C19H22N4O2S. The zero-order chi connectivity index (χ0) is 18.1. The first-order valence-corrected chi connectivity index (χ1v) is 9.85. The topological polar surface area (TPSA) is 65.5 Å². The van der Waals surface area contributed by atoms with Crippen LogP contribution in [0, 0.1) is 6.92 Å². The van der Waals surface area contributed by atoms with Gasteiger partial charge < -0.3 is 15.1 Å². The second-order valence-electron chi connectivity index (χ2n) is 6.90. The molecule has 0 spiro atoms. The highest BCUT2D eigenvalue weighted by molar-refractivity contribution is 7.11. The van der Waals surface area contributed by atoms with E-state index < -0.39 is 0 Å². The second kappa shape index (κ2) is 7.07. The fraction of sp³-hybridized carbons (Fsp3) is 0.421. The highest BCUT2D eigenvalue weighted by atomic mass is 32.1. The average molecular weight is 370 g/mol. The lowest BCUT2D eigenvalue weighted by molar-refractivity contribution is 0.0741. The maximum atomic E-state index is 12.7. The first-order valence-electron chi connectivity index (χ1n) is 8.97. The number of benzene rings is 1. The summed E-state index contributed by atoms with van der Waals surface area (Å²) in [5.41, 5.74) is 2.81. The number of hydrogen-bond donors (Lipinski definition) is 1. The normalized spacial score (nSPS) is 17.3. The summed E-state index contributed by atoms with van der Waals surface area (Å²) in [6.07, 6.45) is 2.07. The summed E-state index contributed by atoms with van der Waals surface area (Å²) in [6.45, 7) is 5.00. The van der Waals surface area contributed by atoms with Gasteiger partial charge in [-0.2, -0.15) is 0 Å². The number of nitrogens with one attached hydrogen (secondary N) is 1. The van der Waals surface area contributed by atoms with E-state index >= 15 is 0 Å². The first kappa shape index (κ1) is 17.0. The van der Waals surface area contributed by atoms with Crippen LogP contribution in [0.3, 0.4) is 0 Å². The molecule has 2 heterocycles. The fourth-order valence-electron chi connectivity index (χ4n) is 3.04. The average Bonchev–Trinajstić information content (AvgIpc) is 3.33. The quantitative estimate of drug-likeness (QED) is 0.897. The van der Waals surface area contributed by atoms with Gasteiger partial charge >= 0.3 is 0 Å². The number of amides is 2. The Morgan fingerprint density at radius 2 is 1.81 bits per heavy atom. The molecule has 2 aliphatic rings. The van der Waals surface area contributed by atoms with Crippen molar-refractivity contribution in [3.63, 3.8) is 0 Å². The lowest BCUT2D eigenvalue weighted by Gasteiger charge is -2.35. The highest BCUT2D eigenvalue weighted by Crippen LogP contribution is 2.21. The van der Waals surface area contributed by atoms with Crippen LogP contribution in [-0.2, 0) is 0 Å². The van der Waals surface area contributed by atoms with Gasteiger partial charge in [0.15, 0.2) is 5.01 Å². The largest absolute Gasteiger partial charge is 0.368 e. The van der Waals surface area contributed by atoms with Gasteiger partial charge in [-0.05, 0) is 31.9 Å². The molecule has 1 aliphatic heterocycles. The van der Waals surface area contributed by atoms with Crippen molar-refractivity contribution < 1.29 is 9.59 Å². The summed E-state index contributed by atoms with van der Waals surface area (Å²) in [4.78, 5) is 33.1. The third-order valence-corrected chi connectivity index (χ3v) is 5.64. The van der Waals surface area contributed by atoms with Gasteiger partial charge in [-0.1, -0.05) is 17.7 Å². The van der Waals surface area contributed by atoms with E-state index in [1.165, 1.54) is 22.6 Å². The minimum Gasteiger partial charge on any atom is -0.368 e. The first-order chi connectivity index (χ1) is 12.6. The van der Waals surface area contributed by atoms with Crippen LogP contribution in [0.1, 0.15) is 38.7 Å². The van der Waals surface area contributed by atoms with E-state index in [9.17, 15) is 9.59 Å². The molecule has 2 amide bonds. The van der Waals surface area contributed by atoms with E-state index in [4.69, 9.17) is 0 Å². The summed E-state index contributed by atoms with van der Waals surface area (Å²) in [7, 11) is 0. The number of anilines is 1. The van der Waals surface area contributed by atoms with Crippen LogP contribution in [0.4, 0.5) is 5.69 Å². The van der Waals surface area contributed by atoms with E-state index in [0.717, 1.165) is 25.9 Å². The van der Waals surface area contributed by atoms with Gasteiger partial charge in [0.2, 0.25) is 0 Å². The van der Waals surface area contributed by atoms with Gasteiger partial charge in [0.1, 0.15) is 5.69 Å². The highest BCUT2D eigenvalue weighted by Gasteiger charge is 2.27. The Kier molecular flexibility index (Phi) is 4.63. The zero-order valence-electron chi connectivity index (χ0n) is 14.8. The van der Waals surface area contributed by atoms with Crippen molar-refractivity contribution in [2.24, 2.45) is 0 Å². The van der Waals surface area contributed by atoms with Gasteiger partial charge in [-0.15, -0.1) is 11.3 Å². The van der Waals surface area contributed by atoms with Crippen LogP contribution in [0.15, 0.2) is 29.6 Å². The number of thiazole rings is 1. The maximum Gasteiger partial charge on any atom is 0.280 e. The molecule has 1 aliphatic carbocycles. The standard InChI is InChI=1S/C19H22N4O2S/c1-13-2-6-15(7-3-13)22-8-10-23(11-9-22)19(25)16-12-26-18(21-16)17(24)20-14-4-5-14/h2-3,6-7,12,14H,4-5,8-11H2,1H3,(H,20,24). The van der Waals surface area contributed by atoms with Gasteiger partial charge in [0.05, 0.1) is 0 Å². The predicted molar refractivity (Wildman–Crippen MR) is 102 cm³/mol. The van der Waals surface area contributed by atoms with Crippen LogP contribution in [0.25, 0.3) is 0 Å². The Balaban J connectivity index is 1.35. The van der Waals surface area contributed by atoms with E-state index in [2.05, 4.69) is 46.4 Å². The molecule has 1 aromatic heterocycles. The molecule has 4 rings (SSSR count). The minimum absolute atomic E-state index is 0.0877. The SMILES string of the molecule is Cc1ccc(N2CCN(C(=O)c3csc(C(=O)NC4CC4)n3)CC2)cc1. The van der Waals surface area contributed by atoms with Crippen molar-refractivity contribution in [3.05, 3.63) is 45.9 Å². The van der Waals surface area contributed by atoms with Crippen LogP contribution >= 0.6 is 11.3 Å². The summed E-state index contributed by atoms with van der Waals surface area (Å²) in [6, 6.07) is 8.75. The number of rotatable bonds is 4. The monoisotopic (exact) mass is 370 g/mol. The van der Waals surface area contributed by atoms with E-state index in [1.54, 1.807) is 5.38 Å². The Labute approximate surface area is 156 Å². The van der Waals surface area contributed by atoms with Crippen molar-refractivity contribution in [1.29, 1.82) is 0 Å². The molecule has 0 radical (unpaired) electrons. The number of piperazine rings is 1. The summed E-state index contributed by atoms with van der Waals surface area (Å²) >= 11 is 1.24. The maximum absolute atomic E-state index is 12.7. The summed E-state index contributed by atoms with van der Waals surface area (Å²) < 4.78 is 0. The molecule has 6 nitrogen and oxygen atoms in total. The molecule has 1 aromatic carbocycles. The Morgan fingerprint density at radius 1 is 1.12 bits per heavy atom. The van der Waals surface area contributed by atoms with Gasteiger partial charge in [-0.3, -0.25) is 9.59 Å². The number of aromatic nitrogens is 1. The molecule has 0 unspecified atom stereocenters. The lowest BCUT2D eigenvalue weighted by Crippen LogP contribution is -2.48. The van der Waals surface area contributed by atoms with Crippen molar-refractivity contribution in [1.82, 2.24) is 15.2 Å². The molecule has 136 valence electrons. The third-order valence-electron chi connectivity index (χ3n) is 4.80. The molecule has 1 saturated heterocycles. The summed E-state index contributed by atoms with van der Waals surface area (Å²) in [5, 5.41) is 4.97. The predicted octanol–water partition coefficient (Wildman–Crippen LogP) is 2.31. The van der Waals surface area contributed by atoms with Crippen LogP contribution in [0.2, 0.25) is 0 Å². The molecule has 1 N–H and O–H groups in total.